The first-order valence-corrected chi connectivity index (χ1v) is 10.9. The van der Waals surface area contributed by atoms with Crippen molar-refractivity contribution in [2.75, 3.05) is 0 Å². The maximum atomic E-state index is 13.3. The fraction of sp³-hybridized carbons (Fsp3) is 0.353. The van der Waals surface area contributed by atoms with Crippen molar-refractivity contribution in [1.29, 1.82) is 0 Å². The summed E-state index contributed by atoms with van der Waals surface area (Å²) < 4.78 is 25.2. The third-order valence-corrected chi connectivity index (χ3v) is 7.53. The smallest absolute Gasteiger partial charge is 0.302 e. The van der Waals surface area contributed by atoms with Gasteiger partial charge in [0.1, 0.15) is 0 Å². The number of rotatable bonds is 7. The lowest BCUT2D eigenvalue weighted by Crippen LogP contribution is -2.17. The number of hydrogen-bond acceptors (Lipinski definition) is 6. The lowest BCUT2D eigenvalue weighted by atomic mass is 10.2. The number of thioether (sulfide) groups is 1. The topological polar surface area (TPSA) is 52.6 Å². The summed E-state index contributed by atoms with van der Waals surface area (Å²) in [5, 5.41) is 2.17. The molecule has 0 fully saturated rings. The Morgan fingerprint density at radius 1 is 1.04 bits per heavy atom. The fourth-order valence-electron chi connectivity index (χ4n) is 1.98. The van der Waals surface area contributed by atoms with Gasteiger partial charge in [-0.2, -0.15) is 0 Å². The van der Waals surface area contributed by atoms with Crippen LogP contribution in [0.15, 0.2) is 46.0 Å². The fourth-order valence-corrected chi connectivity index (χ4v) is 6.61. The molecular weight excluding hydrogens is 363 g/mol. The summed E-state index contributed by atoms with van der Waals surface area (Å²) in [6.07, 6.45) is -0.505. The second-order valence-electron chi connectivity index (χ2n) is 5.65. The first-order chi connectivity index (χ1) is 11.3. The highest BCUT2D eigenvalue weighted by Crippen LogP contribution is 2.52. The summed E-state index contributed by atoms with van der Waals surface area (Å²) >= 11 is 2.42. The van der Waals surface area contributed by atoms with Gasteiger partial charge in [0.25, 0.3) is 0 Å². The van der Waals surface area contributed by atoms with E-state index >= 15 is 0 Å². The molecule has 1 aromatic heterocycles. The third-order valence-electron chi connectivity index (χ3n) is 2.80. The Hall–Kier alpha value is -0.910. The van der Waals surface area contributed by atoms with Crippen molar-refractivity contribution >= 4 is 41.1 Å². The molecule has 130 valence electrons. The van der Waals surface area contributed by atoms with Gasteiger partial charge in [-0.3, -0.25) is 9.36 Å². The minimum atomic E-state index is -3.48. The molecule has 0 radical (unpaired) electrons. The maximum Gasteiger partial charge on any atom is 0.363 e. The molecule has 0 atom stereocenters. The van der Waals surface area contributed by atoms with Gasteiger partial charge < -0.3 is 9.05 Å². The SMILES string of the molecule is CC(C)OP(=O)(OC(C)C)c1ccsc1SC(=O)c1ccccc1. The molecule has 1 heterocycles. The molecule has 24 heavy (non-hydrogen) atoms. The van der Waals surface area contributed by atoms with Crippen LogP contribution in [0.4, 0.5) is 0 Å². The molecule has 0 spiro atoms. The van der Waals surface area contributed by atoms with E-state index in [4.69, 9.17) is 9.05 Å². The highest BCUT2D eigenvalue weighted by molar-refractivity contribution is 8.15. The third kappa shape index (κ3) is 5.04. The monoisotopic (exact) mass is 384 g/mol. The largest absolute Gasteiger partial charge is 0.363 e. The van der Waals surface area contributed by atoms with Crippen molar-refractivity contribution in [2.45, 2.75) is 44.1 Å². The van der Waals surface area contributed by atoms with Crippen molar-refractivity contribution in [1.82, 2.24) is 0 Å². The summed E-state index contributed by atoms with van der Waals surface area (Å²) in [5.74, 6) is 0. The predicted molar refractivity (Wildman–Crippen MR) is 101 cm³/mol. The Morgan fingerprint density at radius 2 is 1.62 bits per heavy atom. The van der Waals surface area contributed by atoms with E-state index in [0.717, 1.165) is 11.8 Å². The Kier molecular flexibility index (Phi) is 6.84. The van der Waals surface area contributed by atoms with Gasteiger partial charge in [-0.1, -0.05) is 30.3 Å². The second-order valence-corrected chi connectivity index (χ2v) is 9.71. The first kappa shape index (κ1) is 19.4. The molecule has 0 aliphatic heterocycles. The summed E-state index contributed by atoms with van der Waals surface area (Å²) in [6, 6.07) is 10.7. The van der Waals surface area contributed by atoms with E-state index in [1.54, 1.807) is 23.6 Å². The van der Waals surface area contributed by atoms with Crippen LogP contribution in [0.5, 0.6) is 0 Å². The number of hydrogen-bond donors (Lipinski definition) is 0. The molecule has 0 bridgehead atoms. The van der Waals surface area contributed by atoms with E-state index in [0.29, 0.717) is 15.1 Å². The summed E-state index contributed by atoms with van der Waals surface area (Å²) in [5.41, 5.74) is 0.603. The van der Waals surface area contributed by atoms with Crippen LogP contribution in [0, 0.1) is 0 Å². The molecule has 1 aromatic carbocycles. The van der Waals surface area contributed by atoms with Gasteiger partial charge in [0.2, 0.25) is 5.12 Å². The van der Waals surface area contributed by atoms with Gasteiger partial charge in [0, 0.05) is 5.56 Å². The van der Waals surface area contributed by atoms with Crippen molar-refractivity contribution in [2.24, 2.45) is 0 Å². The molecule has 2 rings (SSSR count). The highest BCUT2D eigenvalue weighted by atomic mass is 32.2. The molecule has 0 saturated carbocycles. The number of carbonyl (C=O) groups is 1. The van der Waals surface area contributed by atoms with E-state index in [9.17, 15) is 9.36 Å². The molecule has 0 saturated heterocycles. The average molecular weight is 384 g/mol. The van der Waals surface area contributed by atoms with Gasteiger partial charge >= 0.3 is 7.60 Å². The van der Waals surface area contributed by atoms with Crippen molar-refractivity contribution in [3.63, 3.8) is 0 Å². The quantitative estimate of drug-likeness (QED) is 0.476. The maximum absolute atomic E-state index is 13.3. The van der Waals surface area contributed by atoms with Crippen LogP contribution in [-0.4, -0.2) is 17.3 Å². The van der Waals surface area contributed by atoms with Crippen molar-refractivity contribution < 1.29 is 18.4 Å². The highest BCUT2D eigenvalue weighted by Gasteiger charge is 2.34. The van der Waals surface area contributed by atoms with Crippen LogP contribution < -0.4 is 5.30 Å². The average Bonchev–Trinajstić information content (AvgIpc) is 2.95. The molecule has 4 nitrogen and oxygen atoms in total. The predicted octanol–water partition coefficient (Wildman–Crippen LogP) is 5.35. The number of carbonyl (C=O) groups excluding carboxylic acids is 1. The standard InChI is InChI=1S/C17H21O4PS2/c1-12(2)20-22(19,21-13(3)4)15-10-11-23-17(15)24-16(18)14-8-6-5-7-9-14/h5-13H,1-4H3. The Balaban J connectivity index is 2.30. The van der Waals surface area contributed by atoms with Gasteiger partial charge in [-0.25, -0.2) is 0 Å². The lowest BCUT2D eigenvalue weighted by molar-refractivity contribution is 0.108. The van der Waals surface area contributed by atoms with E-state index in [-0.39, 0.29) is 17.3 Å². The number of thiophene rings is 1. The Morgan fingerprint density at radius 3 is 2.17 bits per heavy atom. The molecule has 0 unspecified atom stereocenters. The van der Waals surface area contributed by atoms with E-state index < -0.39 is 7.60 Å². The molecule has 0 N–H and O–H groups in total. The van der Waals surface area contributed by atoms with Crippen molar-refractivity contribution in [3.8, 4) is 0 Å². The van der Waals surface area contributed by atoms with E-state index in [1.165, 1.54) is 11.3 Å². The molecule has 0 aliphatic rings. The van der Waals surface area contributed by atoms with Crippen molar-refractivity contribution in [3.05, 3.63) is 47.3 Å². The minimum Gasteiger partial charge on any atom is -0.302 e. The summed E-state index contributed by atoms with van der Waals surface area (Å²) in [4.78, 5) is 12.4. The molecular formula is C17H21O4PS2. The van der Waals surface area contributed by atoms with Crippen LogP contribution >= 0.6 is 30.7 Å². The molecule has 0 aliphatic carbocycles. The van der Waals surface area contributed by atoms with Gasteiger partial charge in [0.15, 0.2) is 0 Å². The normalized spacial score (nSPS) is 12.1. The summed E-state index contributed by atoms with van der Waals surface area (Å²) in [7, 11) is -3.48. The second kappa shape index (κ2) is 8.45. The molecule has 2 aromatic rings. The van der Waals surface area contributed by atoms with Gasteiger partial charge in [-0.15, -0.1) is 11.3 Å². The van der Waals surface area contributed by atoms with Crippen LogP contribution in [-0.2, 0) is 13.6 Å². The zero-order valence-corrected chi connectivity index (χ0v) is 16.6. The Labute approximate surface area is 151 Å². The van der Waals surface area contributed by atoms with Gasteiger partial charge in [0.05, 0.1) is 21.7 Å². The van der Waals surface area contributed by atoms with E-state index in [1.807, 2.05) is 45.9 Å². The number of benzene rings is 1. The summed E-state index contributed by atoms with van der Waals surface area (Å²) in [6.45, 7) is 7.24. The lowest BCUT2D eigenvalue weighted by Gasteiger charge is -2.22. The molecule has 0 amide bonds. The van der Waals surface area contributed by atoms with Gasteiger partial charge in [-0.05, 0) is 50.9 Å². The minimum absolute atomic E-state index is 0.0973. The first-order valence-electron chi connectivity index (χ1n) is 7.64. The van der Waals surface area contributed by atoms with Crippen LogP contribution in [0.25, 0.3) is 0 Å². The van der Waals surface area contributed by atoms with Crippen LogP contribution in [0.2, 0.25) is 0 Å². The zero-order chi connectivity index (χ0) is 17.7. The Bertz CT molecular complexity index is 711. The van der Waals surface area contributed by atoms with E-state index in [2.05, 4.69) is 0 Å². The molecule has 7 heteroatoms. The van der Waals surface area contributed by atoms with Crippen LogP contribution in [0.1, 0.15) is 38.1 Å². The zero-order valence-electron chi connectivity index (χ0n) is 14.1. The van der Waals surface area contributed by atoms with Crippen LogP contribution in [0.3, 0.4) is 0 Å².